The van der Waals surface area contributed by atoms with Crippen molar-refractivity contribution in [3.8, 4) is 0 Å². The number of hydrogen-bond donors (Lipinski definition) is 1. The Morgan fingerprint density at radius 3 is 2.19 bits per heavy atom. The fourth-order valence-corrected chi connectivity index (χ4v) is 3.27. The maximum atomic E-state index is 13.8. The van der Waals surface area contributed by atoms with E-state index in [4.69, 9.17) is 5.73 Å². The molecular weight excluding hydrogens is 331 g/mol. The number of carbonyl (C=O) groups excluding carboxylic acids is 1. The number of halogens is 1. The second-order valence-electron chi connectivity index (χ2n) is 6.55. The van der Waals surface area contributed by atoms with Gasteiger partial charge in [0, 0.05) is 18.4 Å². The molecule has 1 atom stereocenters. The van der Waals surface area contributed by atoms with Crippen LogP contribution in [0.5, 0.6) is 0 Å². The monoisotopic (exact) mass is 354 g/mol. The predicted molar refractivity (Wildman–Crippen MR) is 99.3 cm³/mol. The summed E-state index contributed by atoms with van der Waals surface area (Å²) in [4.78, 5) is 23.8. The fourth-order valence-electron chi connectivity index (χ4n) is 3.27. The summed E-state index contributed by atoms with van der Waals surface area (Å²) in [7, 11) is 1.60. The largest absolute Gasteiger partial charge is 0.369 e. The summed E-state index contributed by atoms with van der Waals surface area (Å²) in [5.74, 6) is -0.431. The molecule has 1 aromatic heterocycles. The van der Waals surface area contributed by atoms with Gasteiger partial charge in [0.15, 0.2) is 11.5 Å². The first-order valence-electron chi connectivity index (χ1n) is 8.73. The molecule has 0 aliphatic carbocycles. The van der Waals surface area contributed by atoms with E-state index in [1.165, 1.54) is 11.0 Å². The van der Waals surface area contributed by atoms with Crippen molar-refractivity contribution in [1.82, 2.24) is 9.88 Å². The van der Waals surface area contributed by atoms with E-state index >= 15 is 0 Å². The molecule has 0 fully saturated rings. The summed E-state index contributed by atoms with van der Waals surface area (Å²) in [6.45, 7) is 5.70. The highest BCUT2D eigenvalue weighted by atomic mass is 19.1. The average molecular weight is 354 g/mol. The van der Waals surface area contributed by atoms with Crippen molar-refractivity contribution < 1.29 is 9.18 Å². The van der Waals surface area contributed by atoms with Crippen LogP contribution < -0.4 is 5.73 Å². The third kappa shape index (κ3) is 2.66. The number of likely N-dealkylation sites (N-methyl/N-ethyl adjacent to an activating group) is 1. The number of nitrogens with zero attached hydrogens (tertiary/aromatic N) is 3. The Labute approximate surface area is 152 Å². The Morgan fingerprint density at radius 1 is 1.12 bits per heavy atom. The van der Waals surface area contributed by atoms with E-state index in [-0.39, 0.29) is 17.7 Å². The van der Waals surface area contributed by atoms with Crippen molar-refractivity contribution in [3.63, 3.8) is 0 Å². The van der Waals surface area contributed by atoms with E-state index in [0.29, 0.717) is 16.7 Å². The average Bonchev–Trinajstić information content (AvgIpc) is 2.88. The SMILES string of the molecule is CCc1cc(C2(c3ccc(F)c(C)c3)N=C(N)N(C)C2=O)cc(CC)n1. The first-order chi connectivity index (χ1) is 12.3. The highest BCUT2D eigenvalue weighted by molar-refractivity contribution is 6.08. The van der Waals surface area contributed by atoms with Crippen molar-refractivity contribution in [1.29, 1.82) is 0 Å². The highest BCUT2D eigenvalue weighted by Gasteiger charge is 2.49. The van der Waals surface area contributed by atoms with Crippen molar-refractivity contribution in [2.75, 3.05) is 7.05 Å². The van der Waals surface area contributed by atoms with E-state index in [1.807, 2.05) is 26.0 Å². The maximum Gasteiger partial charge on any atom is 0.266 e. The number of aliphatic imine (C=N–C) groups is 1. The van der Waals surface area contributed by atoms with Crippen molar-refractivity contribution in [3.05, 3.63) is 64.2 Å². The zero-order chi connectivity index (χ0) is 19.1. The predicted octanol–water partition coefficient (Wildman–Crippen LogP) is 2.68. The van der Waals surface area contributed by atoms with Crippen LogP contribution in [0, 0.1) is 12.7 Å². The molecule has 1 aliphatic rings. The quantitative estimate of drug-likeness (QED) is 0.918. The minimum absolute atomic E-state index is 0.143. The van der Waals surface area contributed by atoms with Gasteiger partial charge in [0.1, 0.15) is 5.82 Å². The molecule has 3 rings (SSSR count). The molecule has 136 valence electrons. The van der Waals surface area contributed by atoms with Crippen LogP contribution in [0.4, 0.5) is 4.39 Å². The number of amides is 1. The first kappa shape index (κ1) is 18.0. The van der Waals surface area contributed by atoms with Crippen LogP contribution in [0.1, 0.15) is 41.9 Å². The maximum absolute atomic E-state index is 13.8. The summed E-state index contributed by atoms with van der Waals surface area (Å²) >= 11 is 0. The molecule has 2 aromatic rings. The summed E-state index contributed by atoms with van der Waals surface area (Å²) in [6, 6.07) is 8.43. The Hall–Kier alpha value is -2.76. The molecule has 0 saturated carbocycles. The summed E-state index contributed by atoms with van der Waals surface area (Å²) in [6.07, 6.45) is 1.48. The topological polar surface area (TPSA) is 71.6 Å². The first-order valence-corrected chi connectivity index (χ1v) is 8.73. The molecule has 2 heterocycles. The zero-order valence-corrected chi connectivity index (χ0v) is 15.5. The van der Waals surface area contributed by atoms with E-state index in [1.54, 1.807) is 26.1 Å². The number of aromatic nitrogens is 1. The van der Waals surface area contributed by atoms with Crippen LogP contribution in [-0.2, 0) is 23.2 Å². The minimum Gasteiger partial charge on any atom is -0.369 e. The molecule has 0 bridgehead atoms. The number of benzene rings is 1. The molecule has 0 spiro atoms. The van der Waals surface area contributed by atoms with Crippen LogP contribution in [0.3, 0.4) is 0 Å². The molecule has 5 nitrogen and oxygen atoms in total. The van der Waals surface area contributed by atoms with E-state index in [2.05, 4.69) is 9.98 Å². The Balaban J connectivity index is 2.33. The number of pyridine rings is 1. The lowest BCUT2D eigenvalue weighted by Crippen LogP contribution is -2.41. The van der Waals surface area contributed by atoms with Crippen molar-refractivity contribution >= 4 is 11.9 Å². The third-order valence-corrected chi connectivity index (χ3v) is 4.89. The molecule has 0 radical (unpaired) electrons. The van der Waals surface area contributed by atoms with Crippen molar-refractivity contribution in [2.45, 2.75) is 39.2 Å². The van der Waals surface area contributed by atoms with Gasteiger partial charge in [0.25, 0.3) is 5.91 Å². The standard InChI is InChI=1S/C20H23FN4O/c1-5-15-10-14(11-16(6-2)23-15)20(18(26)25(4)19(22)24-20)13-7-8-17(21)12(3)9-13/h7-11H,5-6H2,1-4H3,(H2,22,24). The van der Waals surface area contributed by atoms with Gasteiger partial charge in [-0.05, 0) is 60.7 Å². The Bertz CT molecular complexity index is 886. The minimum atomic E-state index is -1.31. The van der Waals surface area contributed by atoms with Gasteiger partial charge in [-0.15, -0.1) is 0 Å². The van der Waals surface area contributed by atoms with Crippen LogP contribution in [-0.4, -0.2) is 28.8 Å². The second kappa shape index (κ2) is 6.52. The number of nitrogens with two attached hydrogens (primary N) is 1. The van der Waals surface area contributed by atoms with Gasteiger partial charge in [-0.25, -0.2) is 9.38 Å². The number of guanidine groups is 1. The molecule has 26 heavy (non-hydrogen) atoms. The molecule has 1 unspecified atom stereocenters. The molecule has 2 N–H and O–H groups in total. The Kier molecular flexibility index (Phi) is 4.52. The fraction of sp³-hybridized carbons (Fsp3) is 0.350. The molecule has 0 saturated heterocycles. The summed E-state index contributed by atoms with van der Waals surface area (Å²) in [5, 5.41) is 0. The van der Waals surface area contributed by atoms with Crippen LogP contribution in [0.25, 0.3) is 0 Å². The van der Waals surface area contributed by atoms with Crippen molar-refractivity contribution in [2.24, 2.45) is 10.7 Å². The second-order valence-corrected chi connectivity index (χ2v) is 6.55. The number of rotatable bonds is 4. The lowest BCUT2D eigenvalue weighted by atomic mass is 9.81. The number of carbonyl (C=O) groups is 1. The molecular formula is C20H23FN4O. The normalized spacial score (nSPS) is 19.8. The number of hydrogen-bond acceptors (Lipinski definition) is 4. The molecule has 6 heteroatoms. The van der Waals surface area contributed by atoms with Crippen LogP contribution in [0.15, 0.2) is 35.3 Å². The third-order valence-electron chi connectivity index (χ3n) is 4.89. The van der Waals surface area contributed by atoms with Crippen LogP contribution in [0.2, 0.25) is 0 Å². The van der Waals surface area contributed by atoms with Gasteiger partial charge in [-0.3, -0.25) is 14.7 Å². The summed E-state index contributed by atoms with van der Waals surface area (Å²) < 4.78 is 13.8. The molecule has 1 aliphatic heterocycles. The van der Waals surface area contributed by atoms with Gasteiger partial charge >= 0.3 is 0 Å². The van der Waals surface area contributed by atoms with Gasteiger partial charge in [-0.2, -0.15) is 0 Å². The molecule has 1 aromatic carbocycles. The number of aryl methyl sites for hydroxylation is 3. The molecule has 1 amide bonds. The lowest BCUT2D eigenvalue weighted by molar-refractivity contribution is -0.129. The van der Waals surface area contributed by atoms with Gasteiger partial charge < -0.3 is 5.73 Å². The van der Waals surface area contributed by atoms with Crippen LogP contribution >= 0.6 is 0 Å². The zero-order valence-electron chi connectivity index (χ0n) is 15.5. The van der Waals surface area contributed by atoms with E-state index in [0.717, 1.165) is 24.2 Å². The van der Waals surface area contributed by atoms with E-state index < -0.39 is 5.54 Å². The highest BCUT2D eigenvalue weighted by Crippen LogP contribution is 2.40. The van der Waals surface area contributed by atoms with Gasteiger partial charge in [0.05, 0.1) is 0 Å². The van der Waals surface area contributed by atoms with E-state index in [9.17, 15) is 9.18 Å². The van der Waals surface area contributed by atoms with Gasteiger partial charge in [-0.1, -0.05) is 19.9 Å². The lowest BCUT2D eigenvalue weighted by Gasteiger charge is -2.27. The summed E-state index contributed by atoms with van der Waals surface area (Å²) in [5.41, 5.74) is 8.22. The Morgan fingerprint density at radius 2 is 1.73 bits per heavy atom. The smallest absolute Gasteiger partial charge is 0.266 e. The van der Waals surface area contributed by atoms with Gasteiger partial charge in [0.2, 0.25) is 0 Å².